The average molecular weight is 223 g/mol. The predicted molar refractivity (Wildman–Crippen MR) is 56.7 cm³/mol. The van der Waals surface area contributed by atoms with Crippen LogP contribution in [0.2, 0.25) is 0 Å². The van der Waals surface area contributed by atoms with Gasteiger partial charge in [-0.15, -0.1) is 0 Å². The van der Waals surface area contributed by atoms with Gasteiger partial charge in [0, 0.05) is 17.9 Å². The van der Waals surface area contributed by atoms with E-state index in [2.05, 4.69) is 5.32 Å². The van der Waals surface area contributed by atoms with Gasteiger partial charge in [-0.25, -0.2) is 4.79 Å². The Hall–Kier alpha value is -1.06. The summed E-state index contributed by atoms with van der Waals surface area (Å²) in [5, 5.41) is 2.87. The van der Waals surface area contributed by atoms with Crippen molar-refractivity contribution in [1.82, 2.24) is 5.32 Å². The SMILES string of the molecule is CC(C)(C)OC(=O)N[C@@H]1[C@H]2[C@H]3C[C@H]1C(=O)[C@H]32. The summed E-state index contributed by atoms with van der Waals surface area (Å²) in [6.45, 7) is 5.52. The first kappa shape index (κ1) is 10.1. The number of ether oxygens (including phenoxy) is 1. The van der Waals surface area contributed by atoms with Gasteiger partial charge in [-0.2, -0.15) is 0 Å². The van der Waals surface area contributed by atoms with Crippen molar-refractivity contribution in [3.8, 4) is 0 Å². The predicted octanol–water partition coefficient (Wildman–Crippen LogP) is 1.34. The molecule has 1 N–H and O–H groups in total. The van der Waals surface area contributed by atoms with E-state index in [9.17, 15) is 9.59 Å². The van der Waals surface area contributed by atoms with E-state index in [1.165, 1.54) is 0 Å². The molecular weight excluding hydrogens is 206 g/mol. The summed E-state index contributed by atoms with van der Waals surface area (Å²) in [5.74, 6) is 1.70. The van der Waals surface area contributed by atoms with Crippen LogP contribution in [0.15, 0.2) is 0 Å². The summed E-state index contributed by atoms with van der Waals surface area (Å²) in [6.07, 6.45) is 0.595. The Kier molecular flexibility index (Phi) is 1.76. The van der Waals surface area contributed by atoms with Gasteiger partial charge in [-0.3, -0.25) is 4.79 Å². The number of rotatable bonds is 1. The molecular formula is C12H17NO3. The second-order valence-electron chi connectivity index (χ2n) is 6.18. The number of alkyl carbamates (subject to hydrolysis) is 1. The highest BCUT2D eigenvalue weighted by molar-refractivity contribution is 5.94. The molecule has 4 heteroatoms. The first-order valence-corrected chi connectivity index (χ1v) is 5.92. The van der Waals surface area contributed by atoms with Gasteiger partial charge in [0.15, 0.2) is 0 Å². The maximum absolute atomic E-state index is 11.7. The largest absolute Gasteiger partial charge is 0.444 e. The molecule has 88 valence electrons. The van der Waals surface area contributed by atoms with Crippen LogP contribution in [-0.4, -0.2) is 23.5 Å². The van der Waals surface area contributed by atoms with Crippen LogP contribution >= 0.6 is 0 Å². The summed E-state index contributed by atoms with van der Waals surface area (Å²) in [7, 11) is 0. The molecule has 1 amide bonds. The number of carbonyl (C=O) groups is 2. The number of Topliss-reactive ketones (excluding diaryl/α,β-unsaturated/α-hetero) is 1. The maximum atomic E-state index is 11.7. The zero-order valence-corrected chi connectivity index (χ0v) is 9.82. The summed E-state index contributed by atoms with van der Waals surface area (Å²) >= 11 is 0. The van der Waals surface area contributed by atoms with E-state index in [4.69, 9.17) is 4.74 Å². The molecule has 4 fully saturated rings. The van der Waals surface area contributed by atoms with Gasteiger partial charge in [0.25, 0.3) is 0 Å². The van der Waals surface area contributed by atoms with Gasteiger partial charge in [0.2, 0.25) is 0 Å². The van der Waals surface area contributed by atoms with Crippen molar-refractivity contribution in [3.05, 3.63) is 0 Å². The van der Waals surface area contributed by atoms with Crippen molar-refractivity contribution < 1.29 is 14.3 Å². The third-order valence-electron chi connectivity index (χ3n) is 3.98. The number of ketones is 1. The quantitative estimate of drug-likeness (QED) is 0.730. The lowest BCUT2D eigenvalue weighted by atomic mass is 10.1. The molecule has 0 aromatic carbocycles. The molecule has 5 atom stereocenters. The van der Waals surface area contributed by atoms with Crippen molar-refractivity contribution in [2.75, 3.05) is 0 Å². The van der Waals surface area contributed by atoms with Crippen LogP contribution in [-0.2, 0) is 9.53 Å². The van der Waals surface area contributed by atoms with Gasteiger partial charge in [0.1, 0.15) is 11.4 Å². The van der Waals surface area contributed by atoms with Gasteiger partial charge in [-0.1, -0.05) is 0 Å². The molecule has 4 rings (SSSR count). The molecule has 4 aliphatic rings. The first-order valence-electron chi connectivity index (χ1n) is 5.92. The Balaban J connectivity index is 1.61. The molecule has 0 unspecified atom stereocenters. The van der Waals surface area contributed by atoms with E-state index >= 15 is 0 Å². The third-order valence-corrected chi connectivity index (χ3v) is 3.98. The van der Waals surface area contributed by atoms with E-state index in [0.29, 0.717) is 17.6 Å². The zero-order chi connectivity index (χ0) is 11.7. The summed E-state index contributed by atoms with van der Waals surface area (Å²) in [4.78, 5) is 23.3. The minimum Gasteiger partial charge on any atom is -0.444 e. The van der Waals surface area contributed by atoms with Gasteiger partial charge >= 0.3 is 6.09 Å². The lowest BCUT2D eigenvalue weighted by Crippen LogP contribution is -2.41. The monoisotopic (exact) mass is 223 g/mol. The van der Waals surface area contributed by atoms with E-state index in [1.807, 2.05) is 20.8 Å². The van der Waals surface area contributed by atoms with Crippen molar-refractivity contribution in [3.63, 3.8) is 0 Å². The molecule has 0 radical (unpaired) electrons. The highest BCUT2D eigenvalue weighted by Crippen LogP contribution is 2.68. The molecule has 0 aliphatic heterocycles. The Morgan fingerprint density at radius 3 is 2.50 bits per heavy atom. The molecule has 0 spiro atoms. The lowest BCUT2D eigenvalue weighted by molar-refractivity contribution is -0.121. The molecule has 4 bridgehead atoms. The molecule has 0 saturated heterocycles. The summed E-state index contributed by atoms with van der Waals surface area (Å²) in [6, 6.07) is 0.0531. The third kappa shape index (κ3) is 1.28. The Labute approximate surface area is 94.7 Å². The highest BCUT2D eigenvalue weighted by Gasteiger charge is 2.74. The number of hydrogen-bond acceptors (Lipinski definition) is 3. The number of nitrogens with one attached hydrogen (secondary N) is 1. The zero-order valence-electron chi connectivity index (χ0n) is 9.82. The van der Waals surface area contributed by atoms with Crippen LogP contribution in [0.1, 0.15) is 27.2 Å². The lowest BCUT2D eigenvalue weighted by Gasteiger charge is -2.22. The fraction of sp³-hybridized carbons (Fsp3) is 0.833. The van der Waals surface area contributed by atoms with Crippen molar-refractivity contribution >= 4 is 11.9 Å². The van der Waals surface area contributed by atoms with Crippen LogP contribution in [0.4, 0.5) is 4.79 Å². The van der Waals surface area contributed by atoms with Crippen LogP contribution in [0, 0.1) is 23.7 Å². The van der Waals surface area contributed by atoms with E-state index in [0.717, 1.165) is 6.42 Å². The molecule has 4 aliphatic carbocycles. The van der Waals surface area contributed by atoms with Crippen molar-refractivity contribution in [2.24, 2.45) is 23.7 Å². The first-order chi connectivity index (χ1) is 7.38. The van der Waals surface area contributed by atoms with Crippen LogP contribution < -0.4 is 5.32 Å². The minimum atomic E-state index is -0.474. The fourth-order valence-corrected chi connectivity index (χ4v) is 3.48. The normalized spacial score (nSPS) is 43.4. The van der Waals surface area contributed by atoms with E-state index < -0.39 is 5.60 Å². The van der Waals surface area contributed by atoms with Crippen LogP contribution in [0.25, 0.3) is 0 Å². The number of carbonyl (C=O) groups excluding carboxylic acids is 2. The second-order valence-corrected chi connectivity index (χ2v) is 6.18. The molecule has 0 aromatic heterocycles. The van der Waals surface area contributed by atoms with Gasteiger partial charge < -0.3 is 10.1 Å². The molecule has 4 nitrogen and oxygen atoms in total. The number of hydrogen-bond donors (Lipinski definition) is 1. The van der Waals surface area contributed by atoms with E-state index in [-0.39, 0.29) is 24.0 Å². The van der Waals surface area contributed by atoms with Crippen molar-refractivity contribution in [1.29, 1.82) is 0 Å². The Morgan fingerprint density at radius 2 is 2.12 bits per heavy atom. The van der Waals surface area contributed by atoms with Gasteiger partial charge in [0.05, 0.1) is 0 Å². The smallest absolute Gasteiger partial charge is 0.407 e. The topological polar surface area (TPSA) is 55.4 Å². The standard InChI is InChI=1S/C12H17NO3/c1-12(2,3)16-11(15)13-9-6-4-5-7(9)8(5)10(6)14/h5-9H,4H2,1-3H3,(H,13,15)/t5-,6-,7+,8-,9+/m1/s1. The Bertz CT molecular complexity index is 371. The highest BCUT2D eigenvalue weighted by atomic mass is 16.6. The fourth-order valence-electron chi connectivity index (χ4n) is 3.48. The average Bonchev–Trinajstić information content (AvgIpc) is 2.43. The molecule has 0 heterocycles. The van der Waals surface area contributed by atoms with Crippen molar-refractivity contribution in [2.45, 2.75) is 38.8 Å². The maximum Gasteiger partial charge on any atom is 0.407 e. The molecule has 0 aromatic rings. The summed E-state index contributed by atoms with van der Waals surface area (Å²) in [5.41, 5.74) is -0.474. The van der Waals surface area contributed by atoms with Crippen LogP contribution in [0.3, 0.4) is 0 Å². The van der Waals surface area contributed by atoms with Gasteiger partial charge in [-0.05, 0) is 39.0 Å². The molecule has 16 heavy (non-hydrogen) atoms. The Morgan fingerprint density at radius 1 is 1.44 bits per heavy atom. The minimum absolute atomic E-state index is 0.0531. The molecule has 4 saturated carbocycles. The second kappa shape index (κ2) is 2.79. The van der Waals surface area contributed by atoms with Crippen LogP contribution in [0.5, 0.6) is 0 Å². The number of amides is 1. The summed E-state index contributed by atoms with van der Waals surface area (Å²) < 4.78 is 5.21. The van der Waals surface area contributed by atoms with E-state index in [1.54, 1.807) is 0 Å².